The highest BCUT2D eigenvalue weighted by atomic mass is 16.6. The third kappa shape index (κ3) is 2.69. The highest BCUT2D eigenvalue weighted by molar-refractivity contribution is 5.95. The van der Waals surface area contributed by atoms with Crippen molar-refractivity contribution in [3.8, 4) is 11.5 Å². The van der Waals surface area contributed by atoms with Gasteiger partial charge in [-0.15, -0.1) is 5.10 Å². The lowest BCUT2D eigenvalue weighted by Gasteiger charge is -2.38. The van der Waals surface area contributed by atoms with Gasteiger partial charge in [0.25, 0.3) is 0 Å². The molecule has 5 rings (SSSR count). The monoisotopic (exact) mass is 367 g/mol. The first-order chi connectivity index (χ1) is 13.2. The zero-order valence-corrected chi connectivity index (χ0v) is 14.6. The molecule has 4 heterocycles. The van der Waals surface area contributed by atoms with Gasteiger partial charge in [0.15, 0.2) is 28.5 Å². The van der Waals surface area contributed by atoms with Gasteiger partial charge >= 0.3 is 0 Å². The molecule has 1 fully saturated rings. The number of carbonyl (C=O) groups is 1. The van der Waals surface area contributed by atoms with E-state index in [0.717, 1.165) is 0 Å². The number of rotatable bonds is 3. The van der Waals surface area contributed by atoms with Crippen LogP contribution in [0, 0.1) is 5.92 Å². The number of nitrogens with one attached hydrogen (secondary N) is 1. The van der Waals surface area contributed by atoms with Crippen LogP contribution >= 0.6 is 0 Å². The van der Waals surface area contributed by atoms with E-state index in [1.165, 1.54) is 6.33 Å². The molecule has 0 saturated carbocycles. The molecule has 0 aliphatic carbocycles. The molecule has 10 heteroatoms. The van der Waals surface area contributed by atoms with Gasteiger partial charge in [-0.2, -0.15) is 0 Å². The number of nitrogens with zero attached hydrogens (tertiary/aromatic N) is 6. The SMILES string of the molecule is Cn1nnc2c(N3CC(C(=O)Nc4ccc5c(c4)OCCO5)C3)ncnc21. The van der Waals surface area contributed by atoms with E-state index < -0.39 is 0 Å². The van der Waals surface area contributed by atoms with Crippen LogP contribution in [0.2, 0.25) is 0 Å². The lowest BCUT2D eigenvalue weighted by molar-refractivity contribution is -0.120. The highest BCUT2D eigenvalue weighted by Crippen LogP contribution is 2.33. The maximum absolute atomic E-state index is 12.5. The molecule has 2 aromatic heterocycles. The van der Waals surface area contributed by atoms with Crippen molar-refractivity contribution >= 4 is 28.6 Å². The number of hydrogen-bond acceptors (Lipinski definition) is 8. The first-order valence-corrected chi connectivity index (χ1v) is 8.65. The largest absolute Gasteiger partial charge is 0.486 e. The molecule has 0 radical (unpaired) electrons. The topological polar surface area (TPSA) is 107 Å². The van der Waals surface area contributed by atoms with Gasteiger partial charge in [-0.25, -0.2) is 14.6 Å². The molecule has 2 aliphatic rings. The van der Waals surface area contributed by atoms with E-state index in [9.17, 15) is 4.79 Å². The second-order valence-corrected chi connectivity index (χ2v) is 6.53. The molecule has 1 amide bonds. The number of amides is 1. The van der Waals surface area contributed by atoms with E-state index in [-0.39, 0.29) is 11.8 Å². The predicted molar refractivity (Wildman–Crippen MR) is 95.9 cm³/mol. The number of anilines is 2. The summed E-state index contributed by atoms with van der Waals surface area (Å²) < 4.78 is 12.6. The number of carbonyl (C=O) groups excluding carboxylic acids is 1. The summed E-state index contributed by atoms with van der Waals surface area (Å²) in [4.78, 5) is 23.0. The van der Waals surface area contributed by atoms with Crippen molar-refractivity contribution in [1.29, 1.82) is 0 Å². The van der Waals surface area contributed by atoms with Gasteiger partial charge in [0.2, 0.25) is 5.91 Å². The first-order valence-electron chi connectivity index (χ1n) is 8.65. The minimum absolute atomic E-state index is 0.0348. The molecule has 0 atom stereocenters. The Hall–Kier alpha value is -3.43. The summed E-state index contributed by atoms with van der Waals surface area (Å²) in [6, 6.07) is 5.41. The Morgan fingerprint density at radius 2 is 2.00 bits per heavy atom. The smallest absolute Gasteiger partial charge is 0.231 e. The normalized spacial score (nSPS) is 16.3. The number of hydrogen-bond donors (Lipinski definition) is 1. The summed E-state index contributed by atoms with van der Waals surface area (Å²) in [6.45, 7) is 2.19. The van der Waals surface area contributed by atoms with Gasteiger partial charge in [-0.05, 0) is 12.1 Å². The van der Waals surface area contributed by atoms with Crippen LogP contribution < -0.4 is 19.7 Å². The summed E-state index contributed by atoms with van der Waals surface area (Å²) >= 11 is 0. The van der Waals surface area contributed by atoms with Gasteiger partial charge in [0.1, 0.15) is 19.5 Å². The van der Waals surface area contributed by atoms with Gasteiger partial charge in [-0.3, -0.25) is 4.79 Å². The lowest BCUT2D eigenvalue weighted by Crippen LogP contribution is -2.52. The molecule has 3 aromatic rings. The van der Waals surface area contributed by atoms with E-state index >= 15 is 0 Å². The van der Waals surface area contributed by atoms with E-state index in [4.69, 9.17) is 9.47 Å². The zero-order chi connectivity index (χ0) is 18.4. The quantitative estimate of drug-likeness (QED) is 0.717. The van der Waals surface area contributed by atoms with Crippen LogP contribution in [0.3, 0.4) is 0 Å². The van der Waals surface area contributed by atoms with Crippen LogP contribution in [0.1, 0.15) is 0 Å². The fourth-order valence-electron chi connectivity index (χ4n) is 3.26. The predicted octanol–water partition coefficient (Wildman–Crippen LogP) is 0.604. The van der Waals surface area contributed by atoms with Crippen LogP contribution in [0.5, 0.6) is 11.5 Å². The summed E-state index contributed by atoms with van der Waals surface area (Å²) in [5, 5.41) is 11.0. The lowest BCUT2D eigenvalue weighted by atomic mass is 9.99. The summed E-state index contributed by atoms with van der Waals surface area (Å²) in [7, 11) is 1.78. The van der Waals surface area contributed by atoms with E-state index in [1.807, 2.05) is 17.0 Å². The summed E-state index contributed by atoms with van der Waals surface area (Å²) in [5.74, 6) is 1.90. The van der Waals surface area contributed by atoms with Crippen molar-refractivity contribution < 1.29 is 14.3 Å². The van der Waals surface area contributed by atoms with E-state index in [0.29, 0.717) is 60.5 Å². The molecule has 0 unspecified atom stereocenters. The number of ether oxygens (including phenoxy) is 2. The van der Waals surface area contributed by atoms with Gasteiger partial charge < -0.3 is 19.7 Å². The van der Waals surface area contributed by atoms with Crippen molar-refractivity contribution in [2.24, 2.45) is 13.0 Å². The van der Waals surface area contributed by atoms with Gasteiger partial charge in [-0.1, -0.05) is 5.21 Å². The minimum Gasteiger partial charge on any atom is -0.486 e. The number of fused-ring (bicyclic) bond motifs is 2. The van der Waals surface area contributed by atoms with Crippen LogP contribution in [0.15, 0.2) is 24.5 Å². The third-order valence-corrected chi connectivity index (χ3v) is 4.73. The maximum Gasteiger partial charge on any atom is 0.231 e. The molecule has 1 aromatic carbocycles. The van der Waals surface area contributed by atoms with Crippen LogP contribution in [0.4, 0.5) is 11.5 Å². The second-order valence-electron chi connectivity index (χ2n) is 6.53. The first kappa shape index (κ1) is 15.8. The number of aryl methyl sites for hydroxylation is 1. The molecule has 10 nitrogen and oxygen atoms in total. The van der Waals surface area contributed by atoms with E-state index in [2.05, 4.69) is 25.6 Å². The van der Waals surface area contributed by atoms with Gasteiger partial charge in [0.05, 0.1) is 5.92 Å². The van der Waals surface area contributed by atoms with Crippen molar-refractivity contribution in [2.75, 3.05) is 36.5 Å². The molecular weight excluding hydrogens is 350 g/mol. The second kappa shape index (κ2) is 6.08. The fourth-order valence-corrected chi connectivity index (χ4v) is 3.26. The molecule has 1 saturated heterocycles. The molecule has 0 spiro atoms. The fraction of sp³-hybridized carbons (Fsp3) is 0.353. The Morgan fingerprint density at radius 1 is 1.19 bits per heavy atom. The average Bonchev–Trinajstić information content (AvgIpc) is 3.02. The van der Waals surface area contributed by atoms with Crippen LogP contribution in [-0.2, 0) is 11.8 Å². The molecule has 27 heavy (non-hydrogen) atoms. The molecule has 0 bridgehead atoms. The van der Waals surface area contributed by atoms with Gasteiger partial charge in [0, 0.05) is 31.9 Å². The summed E-state index contributed by atoms with van der Waals surface area (Å²) in [5.41, 5.74) is 2.01. The van der Waals surface area contributed by atoms with Crippen molar-refractivity contribution in [2.45, 2.75) is 0 Å². The maximum atomic E-state index is 12.5. The van der Waals surface area contributed by atoms with E-state index in [1.54, 1.807) is 17.8 Å². The minimum atomic E-state index is -0.125. The Kier molecular flexibility index (Phi) is 3.56. The number of aromatic nitrogens is 5. The third-order valence-electron chi connectivity index (χ3n) is 4.73. The van der Waals surface area contributed by atoms with Crippen molar-refractivity contribution in [1.82, 2.24) is 25.0 Å². The molecule has 138 valence electrons. The molecule has 1 N–H and O–H groups in total. The summed E-state index contributed by atoms with van der Waals surface area (Å²) in [6.07, 6.45) is 1.49. The van der Waals surface area contributed by atoms with Crippen LogP contribution in [-0.4, -0.2) is 57.2 Å². The van der Waals surface area contributed by atoms with Crippen LogP contribution in [0.25, 0.3) is 11.2 Å². The van der Waals surface area contributed by atoms with Crippen molar-refractivity contribution in [3.63, 3.8) is 0 Å². The molecular formula is C17H17N7O3. The highest BCUT2D eigenvalue weighted by Gasteiger charge is 2.35. The average molecular weight is 367 g/mol. The Labute approximate surface area is 154 Å². The Morgan fingerprint density at radius 3 is 2.85 bits per heavy atom. The Bertz CT molecular complexity index is 1030. The standard InChI is InChI=1S/C17H17N7O3/c1-23-15-14(21-22-23)16(19-9-18-15)24-7-10(8-24)17(25)20-11-2-3-12-13(6-11)27-5-4-26-12/h2-3,6,9-10H,4-5,7-8H2,1H3,(H,20,25). The van der Waals surface area contributed by atoms with Crippen molar-refractivity contribution in [3.05, 3.63) is 24.5 Å². The number of benzene rings is 1. The molecule has 2 aliphatic heterocycles. The zero-order valence-electron chi connectivity index (χ0n) is 14.6. The Balaban J connectivity index is 1.26.